The number of carboxylic acids is 1. The Morgan fingerprint density at radius 2 is 2.22 bits per heavy atom. The van der Waals surface area contributed by atoms with Crippen LogP contribution in [0.25, 0.3) is 0 Å². The summed E-state index contributed by atoms with van der Waals surface area (Å²) in [6, 6.07) is 0. The quantitative estimate of drug-likeness (QED) is 0.564. The number of oxazole rings is 1. The van der Waals surface area contributed by atoms with Gasteiger partial charge in [-0.2, -0.15) is 0 Å². The summed E-state index contributed by atoms with van der Waals surface area (Å²) >= 11 is 1.48. The van der Waals surface area contributed by atoms with Gasteiger partial charge in [-0.15, -0.1) is 10.2 Å². The lowest BCUT2D eigenvalue weighted by Gasteiger charge is -2.21. The number of methoxy groups -OCH3 is 1. The van der Waals surface area contributed by atoms with Crippen LogP contribution in [0.3, 0.4) is 0 Å². The lowest BCUT2D eigenvalue weighted by Crippen LogP contribution is -2.29. The fourth-order valence-corrected chi connectivity index (χ4v) is 3.35. The van der Waals surface area contributed by atoms with Gasteiger partial charge >= 0.3 is 5.97 Å². The SMILES string of the molecule is CC(=O)O.COC(=O)c1coc(CSc2nnc(C3CCCNC3)n2C)n1. The molecule has 1 aliphatic rings. The van der Waals surface area contributed by atoms with Crippen LogP contribution < -0.4 is 5.32 Å². The van der Waals surface area contributed by atoms with Crippen molar-refractivity contribution in [3.63, 3.8) is 0 Å². The minimum atomic E-state index is -0.833. The van der Waals surface area contributed by atoms with Crippen LogP contribution in [0.4, 0.5) is 0 Å². The Bertz CT molecular complexity index is 765. The summed E-state index contributed by atoms with van der Waals surface area (Å²) in [6.07, 6.45) is 3.59. The smallest absolute Gasteiger partial charge is 0.360 e. The van der Waals surface area contributed by atoms with Gasteiger partial charge in [-0.3, -0.25) is 4.79 Å². The molecule has 3 heterocycles. The Hall–Kier alpha value is -2.40. The van der Waals surface area contributed by atoms with Crippen LogP contribution in [-0.4, -0.2) is 57.0 Å². The molecule has 0 aromatic carbocycles. The zero-order chi connectivity index (χ0) is 19.8. The lowest BCUT2D eigenvalue weighted by molar-refractivity contribution is -0.134. The number of esters is 1. The molecule has 1 aliphatic heterocycles. The third-order valence-electron chi connectivity index (χ3n) is 3.80. The standard InChI is InChI=1S/C14H19N5O3S.C2H4O2/c1-19-12(9-4-3-5-15-6-9)17-18-14(19)23-8-11-16-10(7-22-11)13(20)21-2;1-2(3)4/h7,9,15H,3-6,8H2,1-2H3;1H3,(H,3,4). The van der Waals surface area contributed by atoms with Crippen LogP contribution in [0.5, 0.6) is 0 Å². The summed E-state index contributed by atoms with van der Waals surface area (Å²) in [4.78, 5) is 24.4. The van der Waals surface area contributed by atoms with Crippen molar-refractivity contribution in [2.75, 3.05) is 20.2 Å². The van der Waals surface area contributed by atoms with E-state index in [9.17, 15) is 4.79 Å². The van der Waals surface area contributed by atoms with E-state index >= 15 is 0 Å². The summed E-state index contributed by atoms with van der Waals surface area (Å²) in [5, 5.41) is 20.2. The molecule has 1 saturated heterocycles. The van der Waals surface area contributed by atoms with Crippen molar-refractivity contribution in [2.45, 2.75) is 36.6 Å². The molecule has 0 amide bonds. The summed E-state index contributed by atoms with van der Waals surface area (Å²) < 4.78 is 11.9. The van der Waals surface area contributed by atoms with E-state index in [0.717, 1.165) is 43.8 Å². The molecule has 1 atom stereocenters. The first-order valence-electron chi connectivity index (χ1n) is 8.37. The molecule has 148 valence electrons. The molecule has 0 bridgehead atoms. The minimum Gasteiger partial charge on any atom is -0.481 e. The number of nitrogens with one attached hydrogen (secondary N) is 1. The number of aliphatic carboxylic acids is 1. The molecule has 11 heteroatoms. The van der Waals surface area contributed by atoms with Crippen LogP contribution >= 0.6 is 11.8 Å². The van der Waals surface area contributed by atoms with Crippen molar-refractivity contribution < 1.29 is 23.8 Å². The first-order chi connectivity index (χ1) is 12.9. The molecule has 1 fully saturated rings. The summed E-state index contributed by atoms with van der Waals surface area (Å²) in [7, 11) is 3.29. The third kappa shape index (κ3) is 6.07. The number of hydrogen-bond acceptors (Lipinski definition) is 9. The number of ether oxygens (including phenoxy) is 1. The maximum atomic E-state index is 11.3. The fraction of sp³-hybridized carbons (Fsp3) is 0.562. The van der Waals surface area contributed by atoms with Gasteiger partial charge in [0.1, 0.15) is 12.1 Å². The highest BCUT2D eigenvalue weighted by Gasteiger charge is 2.22. The Morgan fingerprint density at radius 3 is 2.85 bits per heavy atom. The maximum absolute atomic E-state index is 11.3. The molecule has 0 saturated carbocycles. The van der Waals surface area contributed by atoms with Crippen LogP contribution in [0.1, 0.15) is 47.9 Å². The monoisotopic (exact) mass is 397 g/mol. The van der Waals surface area contributed by atoms with Gasteiger partial charge in [0, 0.05) is 26.4 Å². The first kappa shape index (κ1) is 20.9. The topological polar surface area (TPSA) is 132 Å². The molecule has 2 aromatic rings. The van der Waals surface area contributed by atoms with Crippen molar-refractivity contribution in [3.8, 4) is 0 Å². The van der Waals surface area contributed by atoms with Gasteiger partial charge in [0.25, 0.3) is 5.97 Å². The van der Waals surface area contributed by atoms with Crippen LogP contribution in [0, 0.1) is 0 Å². The fourth-order valence-electron chi connectivity index (χ4n) is 2.58. The Labute approximate surface area is 160 Å². The van der Waals surface area contributed by atoms with Crippen molar-refractivity contribution in [2.24, 2.45) is 7.05 Å². The molecular formula is C16H23N5O5S. The van der Waals surface area contributed by atoms with Gasteiger partial charge in [0.15, 0.2) is 10.9 Å². The van der Waals surface area contributed by atoms with Crippen molar-refractivity contribution in [1.29, 1.82) is 0 Å². The molecule has 2 N–H and O–H groups in total. The summed E-state index contributed by atoms with van der Waals surface area (Å²) in [5.41, 5.74) is 0.176. The first-order valence-corrected chi connectivity index (χ1v) is 9.36. The molecule has 10 nitrogen and oxygen atoms in total. The number of rotatable bonds is 5. The number of nitrogens with zero attached hydrogens (tertiary/aromatic N) is 4. The number of carboxylic acid groups (broad SMARTS) is 1. The second-order valence-electron chi connectivity index (χ2n) is 5.87. The molecule has 2 aromatic heterocycles. The van der Waals surface area contributed by atoms with Crippen molar-refractivity contribution in [1.82, 2.24) is 25.1 Å². The average molecular weight is 397 g/mol. The molecule has 0 aliphatic carbocycles. The second-order valence-corrected chi connectivity index (χ2v) is 6.81. The van der Waals surface area contributed by atoms with Crippen LogP contribution in [0.2, 0.25) is 0 Å². The highest BCUT2D eigenvalue weighted by molar-refractivity contribution is 7.98. The Kier molecular flexibility index (Phi) is 7.80. The molecular weight excluding hydrogens is 374 g/mol. The number of piperidine rings is 1. The number of carbonyl (C=O) groups is 2. The zero-order valence-corrected chi connectivity index (χ0v) is 16.3. The van der Waals surface area contributed by atoms with Crippen molar-refractivity contribution in [3.05, 3.63) is 23.7 Å². The largest absolute Gasteiger partial charge is 0.481 e. The lowest BCUT2D eigenvalue weighted by atomic mass is 9.99. The van der Waals surface area contributed by atoms with E-state index in [1.165, 1.54) is 25.1 Å². The number of thioether (sulfide) groups is 1. The van der Waals surface area contributed by atoms with E-state index in [-0.39, 0.29) is 5.69 Å². The van der Waals surface area contributed by atoms with E-state index in [0.29, 0.717) is 17.6 Å². The number of carbonyl (C=O) groups excluding carboxylic acids is 1. The van der Waals surface area contributed by atoms with Crippen LogP contribution in [0.15, 0.2) is 15.8 Å². The van der Waals surface area contributed by atoms with E-state index < -0.39 is 11.9 Å². The van der Waals surface area contributed by atoms with Crippen molar-refractivity contribution >= 4 is 23.7 Å². The second kappa shape index (κ2) is 10.1. The average Bonchev–Trinajstić information content (AvgIpc) is 3.26. The van der Waals surface area contributed by atoms with Gasteiger partial charge < -0.3 is 24.1 Å². The van der Waals surface area contributed by atoms with Gasteiger partial charge in [-0.1, -0.05) is 11.8 Å². The van der Waals surface area contributed by atoms with E-state index in [4.69, 9.17) is 14.3 Å². The molecule has 0 radical (unpaired) electrons. The van der Waals surface area contributed by atoms with Gasteiger partial charge in [-0.05, 0) is 19.4 Å². The Morgan fingerprint density at radius 1 is 1.48 bits per heavy atom. The number of hydrogen-bond donors (Lipinski definition) is 2. The van der Waals surface area contributed by atoms with E-state index in [1.54, 1.807) is 0 Å². The van der Waals surface area contributed by atoms with Crippen LogP contribution in [-0.2, 0) is 22.3 Å². The highest BCUT2D eigenvalue weighted by Crippen LogP contribution is 2.26. The molecule has 0 spiro atoms. The van der Waals surface area contributed by atoms with Gasteiger partial charge in [0.05, 0.1) is 12.9 Å². The number of aromatic nitrogens is 4. The Balaban J connectivity index is 0.000000596. The normalized spacial score (nSPS) is 16.3. The van der Waals surface area contributed by atoms with Gasteiger partial charge in [-0.25, -0.2) is 9.78 Å². The maximum Gasteiger partial charge on any atom is 0.360 e. The van der Waals surface area contributed by atoms with Gasteiger partial charge in [0.2, 0.25) is 5.89 Å². The summed E-state index contributed by atoms with van der Waals surface area (Å²) in [5.74, 6) is 1.01. The molecule has 1 unspecified atom stereocenters. The molecule has 27 heavy (non-hydrogen) atoms. The van der Waals surface area contributed by atoms with E-state index in [1.807, 2.05) is 11.6 Å². The zero-order valence-electron chi connectivity index (χ0n) is 15.5. The minimum absolute atomic E-state index is 0.176. The third-order valence-corrected chi connectivity index (χ3v) is 4.81. The van der Waals surface area contributed by atoms with E-state index in [2.05, 4.69) is 25.2 Å². The molecule has 3 rings (SSSR count). The predicted molar refractivity (Wildman–Crippen MR) is 96.6 cm³/mol. The summed E-state index contributed by atoms with van der Waals surface area (Å²) in [6.45, 7) is 3.10. The predicted octanol–water partition coefficient (Wildman–Crippen LogP) is 1.44. The highest BCUT2D eigenvalue weighted by atomic mass is 32.2.